The number of carbonyl (C=O) groups is 1. The Morgan fingerprint density at radius 2 is 2.00 bits per heavy atom. The van der Waals surface area contributed by atoms with Crippen LogP contribution in [0.1, 0.15) is 5.56 Å². The molecule has 1 amide bonds. The van der Waals surface area contributed by atoms with Gasteiger partial charge < -0.3 is 9.64 Å². The van der Waals surface area contributed by atoms with E-state index in [0.29, 0.717) is 10.0 Å². The third kappa shape index (κ3) is 3.53. The van der Waals surface area contributed by atoms with Crippen molar-refractivity contribution in [3.63, 3.8) is 0 Å². The molecule has 2 N–H and O–H groups in total. The fourth-order valence-corrected chi connectivity index (χ4v) is 4.96. The first-order chi connectivity index (χ1) is 14.7. The van der Waals surface area contributed by atoms with Crippen LogP contribution in [0.15, 0.2) is 46.9 Å². The van der Waals surface area contributed by atoms with E-state index in [1.165, 1.54) is 16.2 Å². The van der Waals surface area contributed by atoms with Crippen LogP contribution in [-0.2, 0) is 9.53 Å². The monoisotopic (exact) mass is 438 g/mol. The molecule has 4 heterocycles. The Balaban J connectivity index is 1.40. The highest BCUT2D eigenvalue weighted by molar-refractivity contribution is 8.19. The minimum Gasteiger partial charge on any atom is -0.378 e. The van der Waals surface area contributed by atoms with E-state index in [2.05, 4.69) is 32.2 Å². The smallest absolute Gasteiger partial charge is 0.273 e. The SMILES string of the molecule is N=C1S/C(=C\c2c[nH]nc2-c2ccc(N3CCOCC3)cc2)C(=O)N1c1nccs1. The predicted octanol–water partition coefficient (Wildman–Crippen LogP) is 3.43. The summed E-state index contributed by atoms with van der Waals surface area (Å²) in [5, 5.41) is 17.9. The first-order valence-corrected chi connectivity index (χ1v) is 11.1. The average molecular weight is 439 g/mol. The lowest BCUT2D eigenvalue weighted by atomic mass is 10.1. The number of hydrogen-bond acceptors (Lipinski definition) is 8. The standard InChI is InChI=1S/C20H18N6O2S2/c21-19-26(20-22-5-10-29-20)18(27)16(30-19)11-14-12-23-24-17(14)13-1-3-15(4-2-13)25-6-8-28-9-7-25/h1-5,10-12,21H,6-9H2,(H,23,24)/b16-11-,21-19?. The topological polar surface area (TPSA) is 98.2 Å². The molecule has 2 aliphatic heterocycles. The molecule has 1 aromatic carbocycles. The maximum absolute atomic E-state index is 12.8. The molecule has 10 heteroatoms. The van der Waals surface area contributed by atoms with Crippen LogP contribution in [0.4, 0.5) is 10.8 Å². The van der Waals surface area contributed by atoms with E-state index in [0.717, 1.165) is 60.6 Å². The number of ether oxygens (including phenoxy) is 1. The fraction of sp³-hybridized carbons (Fsp3) is 0.200. The number of H-pyrrole nitrogens is 1. The molecule has 152 valence electrons. The van der Waals surface area contributed by atoms with Crippen LogP contribution in [0.2, 0.25) is 0 Å². The number of anilines is 2. The molecular weight excluding hydrogens is 420 g/mol. The summed E-state index contributed by atoms with van der Waals surface area (Å²) in [6, 6.07) is 8.25. The molecule has 3 aromatic rings. The maximum Gasteiger partial charge on any atom is 0.273 e. The number of carbonyl (C=O) groups excluding carboxylic acids is 1. The normalized spacial score (nSPS) is 18.6. The van der Waals surface area contributed by atoms with Crippen molar-refractivity contribution in [2.45, 2.75) is 0 Å². The molecule has 5 rings (SSSR count). The van der Waals surface area contributed by atoms with Crippen molar-refractivity contribution >= 4 is 51.1 Å². The highest BCUT2D eigenvalue weighted by Gasteiger charge is 2.35. The van der Waals surface area contributed by atoms with Gasteiger partial charge in [0, 0.05) is 47.7 Å². The van der Waals surface area contributed by atoms with E-state index in [4.69, 9.17) is 10.1 Å². The van der Waals surface area contributed by atoms with Crippen molar-refractivity contribution in [1.29, 1.82) is 5.41 Å². The van der Waals surface area contributed by atoms with Crippen molar-refractivity contribution in [1.82, 2.24) is 15.2 Å². The molecule has 2 aliphatic rings. The Morgan fingerprint density at radius 3 is 2.73 bits per heavy atom. The molecule has 0 spiro atoms. The minimum atomic E-state index is -0.241. The molecule has 0 atom stereocenters. The Hall–Kier alpha value is -2.95. The number of thiazole rings is 1. The van der Waals surface area contributed by atoms with Gasteiger partial charge in [0.25, 0.3) is 5.91 Å². The van der Waals surface area contributed by atoms with Gasteiger partial charge in [-0.1, -0.05) is 12.1 Å². The Bertz CT molecular complexity index is 1100. The average Bonchev–Trinajstić information content (AvgIpc) is 3.51. The van der Waals surface area contributed by atoms with Gasteiger partial charge in [-0.15, -0.1) is 11.3 Å². The third-order valence-corrected chi connectivity index (χ3v) is 6.55. The molecule has 0 radical (unpaired) electrons. The third-order valence-electron chi connectivity index (χ3n) is 4.91. The van der Waals surface area contributed by atoms with Gasteiger partial charge in [-0.05, 0) is 30.0 Å². The maximum atomic E-state index is 12.8. The lowest BCUT2D eigenvalue weighted by Gasteiger charge is -2.28. The van der Waals surface area contributed by atoms with E-state index >= 15 is 0 Å². The van der Waals surface area contributed by atoms with Gasteiger partial charge in [-0.2, -0.15) is 5.10 Å². The number of aromatic nitrogens is 3. The molecule has 2 saturated heterocycles. The zero-order valence-electron chi connectivity index (χ0n) is 15.9. The lowest BCUT2D eigenvalue weighted by Crippen LogP contribution is -2.36. The molecule has 8 nitrogen and oxygen atoms in total. The zero-order chi connectivity index (χ0) is 20.5. The summed E-state index contributed by atoms with van der Waals surface area (Å²) in [5.41, 5.74) is 3.69. The molecule has 2 aromatic heterocycles. The fourth-order valence-electron chi connectivity index (χ4n) is 3.42. The minimum absolute atomic E-state index is 0.154. The van der Waals surface area contributed by atoms with Crippen LogP contribution in [-0.4, -0.2) is 52.6 Å². The summed E-state index contributed by atoms with van der Waals surface area (Å²) in [6.07, 6.45) is 5.17. The number of nitrogens with zero attached hydrogens (tertiary/aromatic N) is 4. The van der Waals surface area contributed by atoms with E-state index < -0.39 is 0 Å². The van der Waals surface area contributed by atoms with Crippen LogP contribution >= 0.6 is 23.1 Å². The van der Waals surface area contributed by atoms with E-state index in [1.807, 2.05) is 12.1 Å². The molecule has 0 aliphatic carbocycles. The van der Waals surface area contributed by atoms with Crippen molar-refractivity contribution in [2.75, 3.05) is 36.1 Å². The number of amides is 1. The number of hydrogen-bond donors (Lipinski definition) is 2. The molecule has 2 fully saturated rings. The van der Waals surface area contributed by atoms with Gasteiger partial charge >= 0.3 is 0 Å². The first kappa shape index (κ1) is 19.0. The summed E-state index contributed by atoms with van der Waals surface area (Å²) in [5.74, 6) is -0.241. The molecule has 30 heavy (non-hydrogen) atoms. The van der Waals surface area contributed by atoms with Crippen LogP contribution in [0.25, 0.3) is 17.3 Å². The van der Waals surface area contributed by atoms with E-state index in [-0.39, 0.29) is 11.1 Å². The van der Waals surface area contributed by atoms with Gasteiger partial charge in [-0.3, -0.25) is 15.3 Å². The number of rotatable bonds is 4. The number of morpholine rings is 1. The highest BCUT2D eigenvalue weighted by atomic mass is 32.2. The zero-order valence-corrected chi connectivity index (χ0v) is 17.5. The highest BCUT2D eigenvalue weighted by Crippen LogP contribution is 2.37. The number of nitrogens with one attached hydrogen (secondary N) is 2. The second kappa shape index (κ2) is 8.05. The summed E-state index contributed by atoms with van der Waals surface area (Å²) in [7, 11) is 0. The first-order valence-electron chi connectivity index (χ1n) is 9.39. The second-order valence-electron chi connectivity index (χ2n) is 6.71. The summed E-state index contributed by atoms with van der Waals surface area (Å²) >= 11 is 2.46. The lowest BCUT2D eigenvalue weighted by molar-refractivity contribution is -0.113. The summed E-state index contributed by atoms with van der Waals surface area (Å²) < 4.78 is 5.42. The number of thioether (sulfide) groups is 1. The van der Waals surface area contributed by atoms with Crippen LogP contribution in [0.5, 0.6) is 0 Å². The van der Waals surface area contributed by atoms with E-state index in [9.17, 15) is 4.79 Å². The van der Waals surface area contributed by atoms with Crippen molar-refractivity contribution in [3.8, 4) is 11.3 Å². The van der Waals surface area contributed by atoms with Crippen molar-refractivity contribution < 1.29 is 9.53 Å². The van der Waals surface area contributed by atoms with Gasteiger partial charge in [0.1, 0.15) is 0 Å². The molecule has 0 bridgehead atoms. The van der Waals surface area contributed by atoms with Gasteiger partial charge in [0.05, 0.1) is 23.8 Å². The quantitative estimate of drug-likeness (QED) is 0.606. The summed E-state index contributed by atoms with van der Waals surface area (Å²) in [4.78, 5) is 21.1. The van der Waals surface area contributed by atoms with Crippen LogP contribution in [0, 0.1) is 5.41 Å². The van der Waals surface area contributed by atoms with Crippen LogP contribution in [0.3, 0.4) is 0 Å². The second-order valence-corrected chi connectivity index (χ2v) is 8.61. The summed E-state index contributed by atoms with van der Waals surface area (Å²) in [6.45, 7) is 3.27. The largest absolute Gasteiger partial charge is 0.378 e. The number of amidine groups is 1. The molecule has 0 unspecified atom stereocenters. The molecular formula is C20H18N6O2S2. The van der Waals surface area contributed by atoms with E-state index in [1.54, 1.807) is 23.8 Å². The number of benzene rings is 1. The Kier molecular flexibility index (Phi) is 5.11. The van der Waals surface area contributed by atoms with Gasteiger partial charge in [-0.25, -0.2) is 9.88 Å². The van der Waals surface area contributed by atoms with Crippen molar-refractivity contribution in [2.24, 2.45) is 0 Å². The van der Waals surface area contributed by atoms with Gasteiger partial charge in [0.2, 0.25) is 0 Å². The van der Waals surface area contributed by atoms with Gasteiger partial charge in [0.15, 0.2) is 10.3 Å². The Morgan fingerprint density at radius 1 is 1.20 bits per heavy atom. The Labute approximate surface area is 181 Å². The molecule has 0 saturated carbocycles. The number of aromatic amines is 1. The predicted molar refractivity (Wildman–Crippen MR) is 120 cm³/mol. The van der Waals surface area contributed by atoms with Crippen LogP contribution < -0.4 is 9.80 Å². The van der Waals surface area contributed by atoms with Crippen molar-refractivity contribution in [3.05, 3.63) is 52.5 Å².